The maximum absolute atomic E-state index is 14.1. The number of rotatable bonds is 4. The van der Waals surface area contributed by atoms with Gasteiger partial charge in [-0.3, -0.25) is 0 Å². The van der Waals surface area contributed by atoms with Crippen molar-refractivity contribution in [3.05, 3.63) is 88.0 Å². The Kier molecular flexibility index (Phi) is 4.53. The second kappa shape index (κ2) is 7.15. The lowest BCUT2D eigenvalue weighted by Gasteiger charge is -2.10. The normalized spacial score (nSPS) is 10.9. The summed E-state index contributed by atoms with van der Waals surface area (Å²) < 4.78 is 29.6. The molecule has 0 fully saturated rings. The number of fused-ring (bicyclic) bond motifs is 3. The monoisotopic (exact) mass is 378 g/mol. The lowest BCUT2D eigenvalue weighted by atomic mass is 10.0. The highest BCUT2D eigenvalue weighted by molar-refractivity contribution is 6.07. The molecule has 0 atom stereocenters. The van der Waals surface area contributed by atoms with E-state index >= 15 is 0 Å². The molecule has 0 aliphatic rings. The molecule has 4 rings (SSSR count). The second-order valence-electron chi connectivity index (χ2n) is 6.17. The average Bonchev–Trinajstić information content (AvgIpc) is 2.71. The lowest BCUT2D eigenvalue weighted by Crippen LogP contribution is -2.09. The fraction of sp³-hybridized carbons (Fsp3) is 0.0909. The third kappa shape index (κ3) is 3.20. The van der Waals surface area contributed by atoms with Crippen molar-refractivity contribution in [1.82, 2.24) is 0 Å². The fourth-order valence-electron chi connectivity index (χ4n) is 3.14. The van der Waals surface area contributed by atoms with E-state index in [0.29, 0.717) is 22.3 Å². The molecule has 5 nitrogen and oxygen atoms in total. The van der Waals surface area contributed by atoms with Crippen molar-refractivity contribution < 1.29 is 23.1 Å². The van der Waals surface area contributed by atoms with E-state index < -0.39 is 17.4 Å². The topological polar surface area (TPSA) is 65.7 Å². The number of esters is 1. The second-order valence-corrected chi connectivity index (χ2v) is 6.17. The van der Waals surface area contributed by atoms with Crippen molar-refractivity contribution in [2.45, 2.75) is 6.61 Å². The zero-order chi connectivity index (χ0) is 19.7. The third-order valence-electron chi connectivity index (χ3n) is 4.47. The Morgan fingerprint density at radius 1 is 1.07 bits per heavy atom. The summed E-state index contributed by atoms with van der Waals surface area (Å²) in [5.74, 6) is -1.28. The molecule has 0 bridgehead atoms. The SMILES string of the molecule is COc1ccc(C(=O)OCc2cc(=O)oc3ccc4ccccc4c23)c(F)c1. The zero-order valence-electron chi connectivity index (χ0n) is 14.9. The fourth-order valence-corrected chi connectivity index (χ4v) is 3.14. The van der Waals surface area contributed by atoms with E-state index in [2.05, 4.69) is 0 Å². The third-order valence-corrected chi connectivity index (χ3v) is 4.47. The van der Waals surface area contributed by atoms with Gasteiger partial charge in [-0.25, -0.2) is 14.0 Å². The average molecular weight is 378 g/mol. The van der Waals surface area contributed by atoms with Crippen LogP contribution in [0, 0.1) is 5.82 Å². The van der Waals surface area contributed by atoms with E-state index in [1.807, 2.05) is 30.3 Å². The molecule has 28 heavy (non-hydrogen) atoms. The van der Waals surface area contributed by atoms with Gasteiger partial charge in [-0.2, -0.15) is 0 Å². The van der Waals surface area contributed by atoms with E-state index in [1.54, 1.807) is 6.07 Å². The number of benzene rings is 3. The van der Waals surface area contributed by atoms with Gasteiger partial charge in [0.1, 0.15) is 23.8 Å². The maximum atomic E-state index is 14.1. The summed E-state index contributed by atoms with van der Waals surface area (Å²) in [6.07, 6.45) is 0. The lowest BCUT2D eigenvalue weighted by molar-refractivity contribution is 0.0468. The molecule has 6 heteroatoms. The van der Waals surface area contributed by atoms with Crippen LogP contribution < -0.4 is 10.4 Å². The molecule has 4 aromatic rings. The van der Waals surface area contributed by atoms with Crippen LogP contribution in [0.25, 0.3) is 21.7 Å². The van der Waals surface area contributed by atoms with Gasteiger partial charge >= 0.3 is 11.6 Å². The van der Waals surface area contributed by atoms with Crippen LogP contribution in [0.4, 0.5) is 4.39 Å². The molecule has 0 amide bonds. The van der Waals surface area contributed by atoms with Gasteiger partial charge in [-0.05, 0) is 29.0 Å². The highest BCUT2D eigenvalue weighted by Crippen LogP contribution is 2.28. The number of carbonyl (C=O) groups excluding carboxylic acids is 1. The Balaban J connectivity index is 1.71. The van der Waals surface area contributed by atoms with Crippen LogP contribution in [0.2, 0.25) is 0 Å². The van der Waals surface area contributed by atoms with Crippen LogP contribution in [0.15, 0.2) is 69.9 Å². The Morgan fingerprint density at radius 3 is 2.68 bits per heavy atom. The molecule has 3 aromatic carbocycles. The molecule has 1 aromatic heterocycles. The molecule has 0 unspecified atom stereocenters. The predicted octanol–water partition coefficient (Wildman–Crippen LogP) is 4.45. The maximum Gasteiger partial charge on any atom is 0.341 e. The van der Waals surface area contributed by atoms with E-state index in [1.165, 1.54) is 25.3 Å². The van der Waals surface area contributed by atoms with Crippen LogP contribution >= 0.6 is 0 Å². The first-order chi connectivity index (χ1) is 13.6. The van der Waals surface area contributed by atoms with Gasteiger partial charge in [-0.1, -0.05) is 30.3 Å². The first-order valence-corrected chi connectivity index (χ1v) is 8.52. The minimum atomic E-state index is -0.832. The van der Waals surface area contributed by atoms with Gasteiger partial charge in [0.25, 0.3) is 0 Å². The molecule has 0 saturated carbocycles. The minimum Gasteiger partial charge on any atom is -0.497 e. The van der Waals surface area contributed by atoms with Crippen LogP contribution in [-0.4, -0.2) is 13.1 Å². The molecule has 0 radical (unpaired) electrons. The number of hydrogen-bond acceptors (Lipinski definition) is 5. The molecule has 0 aliphatic carbocycles. The summed E-state index contributed by atoms with van der Waals surface area (Å²) in [6, 6.07) is 16.3. The number of hydrogen-bond donors (Lipinski definition) is 0. The van der Waals surface area contributed by atoms with Gasteiger partial charge in [-0.15, -0.1) is 0 Å². The molecule has 0 spiro atoms. The number of ether oxygens (including phenoxy) is 2. The van der Waals surface area contributed by atoms with E-state index in [9.17, 15) is 14.0 Å². The first-order valence-electron chi connectivity index (χ1n) is 8.52. The van der Waals surface area contributed by atoms with Crippen LogP contribution in [-0.2, 0) is 11.3 Å². The molecular formula is C22H15FO5. The summed E-state index contributed by atoms with van der Waals surface area (Å²) in [6.45, 7) is -0.194. The molecular weight excluding hydrogens is 363 g/mol. The number of methoxy groups -OCH3 is 1. The summed E-state index contributed by atoms with van der Waals surface area (Å²) in [5.41, 5.74) is 0.126. The molecule has 140 valence electrons. The largest absolute Gasteiger partial charge is 0.497 e. The van der Waals surface area contributed by atoms with Crippen molar-refractivity contribution in [2.24, 2.45) is 0 Å². The van der Waals surface area contributed by atoms with Crippen LogP contribution in [0.3, 0.4) is 0 Å². The zero-order valence-corrected chi connectivity index (χ0v) is 14.9. The van der Waals surface area contributed by atoms with Gasteiger partial charge in [0, 0.05) is 23.1 Å². The molecule has 1 heterocycles. The van der Waals surface area contributed by atoms with Crippen molar-refractivity contribution in [3.8, 4) is 5.75 Å². The van der Waals surface area contributed by atoms with E-state index in [0.717, 1.165) is 16.8 Å². The Labute approximate surface area is 158 Å². The van der Waals surface area contributed by atoms with Crippen LogP contribution in [0.1, 0.15) is 15.9 Å². The Hall–Kier alpha value is -3.67. The van der Waals surface area contributed by atoms with E-state index in [4.69, 9.17) is 13.9 Å². The highest BCUT2D eigenvalue weighted by atomic mass is 19.1. The van der Waals surface area contributed by atoms with Gasteiger partial charge in [0.05, 0.1) is 12.7 Å². The summed E-state index contributed by atoms with van der Waals surface area (Å²) in [5, 5.41) is 2.50. The molecule has 0 saturated heterocycles. The number of halogens is 1. The van der Waals surface area contributed by atoms with Crippen LogP contribution in [0.5, 0.6) is 5.75 Å². The Bertz CT molecular complexity index is 1260. The molecule has 0 aliphatic heterocycles. The highest BCUT2D eigenvalue weighted by Gasteiger charge is 2.16. The Morgan fingerprint density at radius 2 is 1.89 bits per heavy atom. The summed E-state index contributed by atoms with van der Waals surface area (Å²) >= 11 is 0. The summed E-state index contributed by atoms with van der Waals surface area (Å²) in [4.78, 5) is 24.2. The van der Waals surface area contributed by atoms with Crippen molar-refractivity contribution in [2.75, 3.05) is 7.11 Å². The standard InChI is InChI=1S/C22H15FO5/c1-26-15-7-8-17(18(23)11-15)22(25)27-12-14-10-20(24)28-19-9-6-13-4-2-3-5-16(13)21(14)19/h2-11H,12H2,1H3. The summed E-state index contributed by atoms with van der Waals surface area (Å²) in [7, 11) is 1.41. The number of carbonyl (C=O) groups is 1. The van der Waals surface area contributed by atoms with Gasteiger partial charge < -0.3 is 13.9 Å². The van der Waals surface area contributed by atoms with E-state index in [-0.39, 0.29) is 12.2 Å². The first kappa shape index (κ1) is 17.7. The van der Waals surface area contributed by atoms with Gasteiger partial charge in [0.2, 0.25) is 0 Å². The van der Waals surface area contributed by atoms with Crippen molar-refractivity contribution in [3.63, 3.8) is 0 Å². The smallest absolute Gasteiger partial charge is 0.341 e. The predicted molar refractivity (Wildman–Crippen MR) is 102 cm³/mol. The molecule has 0 N–H and O–H groups in total. The van der Waals surface area contributed by atoms with Crippen molar-refractivity contribution >= 4 is 27.7 Å². The minimum absolute atomic E-state index is 0.194. The van der Waals surface area contributed by atoms with Gasteiger partial charge in [0.15, 0.2) is 0 Å². The van der Waals surface area contributed by atoms with Crippen molar-refractivity contribution in [1.29, 1.82) is 0 Å². The quantitative estimate of drug-likeness (QED) is 0.298.